The fourth-order valence-electron chi connectivity index (χ4n) is 2.04. The lowest BCUT2D eigenvalue weighted by atomic mass is 10.2. The summed E-state index contributed by atoms with van der Waals surface area (Å²) >= 11 is 0. The van der Waals surface area contributed by atoms with Crippen molar-refractivity contribution < 1.29 is 18.0 Å². The molecule has 20 heavy (non-hydrogen) atoms. The minimum absolute atomic E-state index is 0.0520. The van der Waals surface area contributed by atoms with Gasteiger partial charge in [-0.15, -0.1) is 0 Å². The van der Waals surface area contributed by atoms with E-state index in [2.05, 4.69) is 10.4 Å². The molecule has 0 aliphatic heterocycles. The van der Waals surface area contributed by atoms with Crippen molar-refractivity contribution in [3.05, 3.63) is 17.5 Å². The molecule has 1 amide bonds. The molecule has 0 atom stereocenters. The molecule has 0 aromatic carbocycles. The highest BCUT2D eigenvalue weighted by molar-refractivity contribution is 5.75. The van der Waals surface area contributed by atoms with Gasteiger partial charge in [0, 0.05) is 31.1 Å². The molecule has 0 unspecified atom stereocenters. The number of alkyl halides is 3. The molecule has 1 aliphatic carbocycles. The number of nitrogens with one attached hydrogen (secondary N) is 1. The van der Waals surface area contributed by atoms with Gasteiger partial charge in [-0.25, -0.2) is 0 Å². The van der Waals surface area contributed by atoms with E-state index in [-0.39, 0.29) is 11.8 Å². The number of aryl methyl sites for hydroxylation is 1. The Labute approximate surface area is 115 Å². The zero-order valence-corrected chi connectivity index (χ0v) is 11.3. The van der Waals surface area contributed by atoms with Crippen molar-refractivity contribution in [3.63, 3.8) is 0 Å². The summed E-state index contributed by atoms with van der Waals surface area (Å²) in [6.07, 6.45) is -1.56. The number of carbonyl (C=O) groups excluding carboxylic acids is 1. The predicted octanol–water partition coefficient (Wildman–Crippen LogP) is 2.70. The van der Waals surface area contributed by atoms with Gasteiger partial charge in [-0.3, -0.25) is 9.48 Å². The first-order valence-electron chi connectivity index (χ1n) is 6.83. The summed E-state index contributed by atoms with van der Waals surface area (Å²) in [7, 11) is 0. The number of carbonyl (C=O) groups is 1. The SMILES string of the molecule is CCC(=O)NCCCn1nc(C(F)(F)F)cc1C1CC1. The summed E-state index contributed by atoms with van der Waals surface area (Å²) in [5.41, 5.74) is -0.156. The van der Waals surface area contributed by atoms with Crippen LogP contribution in [0.3, 0.4) is 0 Å². The van der Waals surface area contributed by atoms with Gasteiger partial charge >= 0.3 is 6.18 Å². The van der Waals surface area contributed by atoms with E-state index in [1.165, 1.54) is 4.68 Å². The molecule has 2 rings (SSSR count). The van der Waals surface area contributed by atoms with Gasteiger partial charge in [-0.2, -0.15) is 18.3 Å². The van der Waals surface area contributed by atoms with Gasteiger partial charge in [0.1, 0.15) is 0 Å². The van der Waals surface area contributed by atoms with E-state index in [0.717, 1.165) is 18.9 Å². The largest absolute Gasteiger partial charge is 0.435 e. The van der Waals surface area contributed by atoms with Crippen LogP contribution in [0.2, 0.25) is 0 Å². The molecule has 1 aromatic rings. The normalized spacial score (nSPS) is 15.4. The molecular formula is C13H18F3N3O. The van der Waals surface area contributed by atoms with Crippen LogP contribution in [0.25, 0.3) is 0 Å². The zero-order valence-electron chi connectivity index (χ0n) is 11.3. The van der Waals surface area contributed by atoms with E-state index in [0.29, 0.717) is 31.6 Å². The molecule has 1 fully saturated rings. The molecule has 1 aliphatic rings. The molecule has 1 N–H and O–H groups in total. The molecule has 1 aromatic heterocycles. The molecule has 1 heterocycles. The minimum atomic E-state index is -4.40. The summed E-state index contributed by atoms with van der Waals surface area (Å²) in [5, 5.41) is 6.36. The second-order valence-corrected chi connectivity index (χ2v) is 5.01. The van der Waals surface area contributed by atoms with Crippen molar-refractivity contribution in [2.75, 3.05) is 6.54 Å². The van der Waals surface area contributed by atoms with Crippen LogP contribution >= 0.6 is 0 Å². The second kappa shape index (κ2) is 5.85. The summed E-state index contributed by atoms with van der Waals surface area (Å²) in [5.74, 6) is 0.160. The average Bonchev–Trinajstić information content (AvgIpc) is 3.13. The van der Waals surface area contributed by atoms with Crippen LogP contribution in [0.4, 0.5) is 13.2 Å². The molecule has 4 nitrogen and oxygen atoms in total. The standard InChI is InChI=1S/C13H18F3N3O/c1-2-12(20)17-6-3-7-19-10(9-4-5-9)8-11(18-19)13(14,15)16/h8-9H,2-7H2,1H3,(H,17,20). The van der Waals surface area contributed by atoms with E-state index < -0.39 is 11.9 Å². The van der Waals surface area contributed by atoms with Gasteiger partial charge < -0.3 is 5.32 Å². The highest BCUT2D eigenvalue weighted by Crippen LogP contribution is 2.42. The lowest BCUT2D eigenvalue weighted by molar-refractivity contribution is -0.141. The molecule has 0 spiro atoms. The van der Waals surface area contributed by atoms with E-state index in [1.807, 2.05) is 0 Å². The van der Waals surface area contributed by atoms with Crippen molar-refractivity contribution >= 4 is 5.91 Å². The van der Waals surface area contributed by atoms with Crippen molar-refractivity contribution in [1.82, 2.24) is 15.1 Å². The number of amides is 1. The third kappa shape index (κ3) is 3.74. The predicted molar refractivity (Wildman–Crippen MR) is 67.1 cm³/mol. The van der Waals surface area contributed by atoms with Gasteiger partial charge in [-0.1, -0.05) is 6.92 Å². The Balaban J connectivity index is 1.96. The number of hydrogen-bond acceptors (Lipinski definition) is 2. The van der Waals surface area contributed by atoms with Crippen molar-refractivity contribution in [1.29, 1.82) is 0 Å². The van der Waals surface area contributed by atoms with Crippen LogP contribution in [0.5, 0.6) is 0 Å². The third-order valence-corrected chi connectivity index (χ3v) is 3.29. The van der Waals surface area contributed by atoms with E-state index in [1.54, 1.807) is 6.92 Å². The van der Waals surface area contributed by atoms with E-state index in [9.17, 15) is 18.0 Å². The monoisotopic (exact) mass is 289 g/mol. The molecule has 7 heteroatoms. The third-order valence-electron chi connectivity index (χ3n) is 3.29. The highest BCUT2D eigenvalue weighted by atomic mass is 19.4. The van der Waals surface area contributed by atoms with Crippen LogP contribution in [0.15, 0.2) is 6.07 Å². The Morgan fingerprint density at radius 1 is 1.50 bits per heavy atom. The number of nitrogens with zero attached hydrogens (tertiary/aromatic N) is 2. The Morgan fingerprint density at radius 3 is 2.75 bits per heavy atom. The number of hydrogen-bond donors (Lipinski definition) is 1. The summed E-state index contributed by atoms with van der Waals surface area (Å²) < 4.78 is 39.5. The Morgan fingerprint density at radius 2 is 2.20 bits per heavy atom. The van der Waals surface area contributed by atoms with E-state index >= 15 is 0 Å². The minimum Gasteiger partial charge on any atom is -0.356 e. The Hall–Kier alpha value is -1.53. The second-order valence-electron chi connectivity index (χ2n) is 5.01. The number of halogens is 3. The van der Waals surface area contributed by atoms with E-state index in [4.69, 9.17) is 0 Å². The van der Waals surface area contributed by atoms with Crippen LogP contribution < -0.4 is 5.32 Å². The van der Waals surface area contributed by atoms with Gasteiger partial charge in [0.15, 0.2) is 5.69 Å². The molecule has 112 valence electrons. The van der Waals surface area contributed by atoms with Gasteiger partial charge in [0.2, 0.25) is 5.91 Å². The molecule has 1 saturated carbocycles. The maximum atomic E-state index is 12.7. The van der Waals surface area contributed by atoms with Crippen LogP contribution in [0, 0.1) is 0 Å². The fraction of sp³-hybridized carbons (Fsp3) is 0.692. The summed E-state index contributed by atoms with van der Waals surface area (Å²) in [4.78, 5) is 11.1. The molecular weight excluding hydrogens is 271 g/mol. The van der Waals surface area contributed by atoms with Gasteiger partial charge in [0.25, 0.3) is 0 Å². The number of aromatic nitrogens is 2. The first-order chi connectivity index (χ1) is 9.41. The highest BCUT2D eigenvalue weighted by Gasteiger charge is 2.37. The summed E-state index contributed by atoms with van der Waals surface area (Å²) in [6.45, 7) is 2.60. The van der Waals surface area contributed by atoms with Gasteiger partial charge in [0.05, 0.1) is 0 Å². The van der Waals surface area contributed by atoms with Crippen LogP contribution in [-0.4, -0.2) is 22.2 Å². The maximum Gasteiger partial charge on any atom is 0.435 e. The van der Waals surface area contributed by atoms with Crippen molar-refractivity contribution in [3.8, 4) is 0 Å². The lowest BCUT2D eigenvalue weighted by Gasteiger charge is -2.07. The molecule has 0 radical (unpaired) electrons. The molecule has 0 saturated heterocycles. The smallest absolute Gasteiger partial charge is 0.356 e. The zero-order chi connectivity index (χ0) is 14.8. The summed E-state index contributed by atoms with van der Waals surface area (Å²) in [6, 6.07) is 1.16. The van der Waals surface area contributed by atoms with Crippen LogP contribution in [0.1, 0.15) is 49.9 Å². The quantitative estimate of drug-likeness (QED) is 0.818. The van der Waals surface area contributed by atoms with Crippen molar-refractivity contribution in [2.45, 2.75) is 51.2 Å². The first-order valence-corrected chi connectivity index (χ1v) is 6.83. The molecule has 0 bridgehead atoms. The topological polar surface area (TPSA) is 46.9 Å². The fourth-order valence-corrected chi connectivity index (χ4v) is 2.04. The van der Waals surface area contributed by atoms with Crippen LogP contribution in [-0.2, 0) is 17.5 Å². The lowest BCUT2D eigenvalue weighted by Crippen LogP contribution is -2.24. The Bertz CT molecular complexity index is 478. The first kappa shape index (κ1) is 14.9. The van der Waals surface area contributed by atoms with Crippen molar-refractivity contribution in [2.24, 2.45) is 0 Å². The average molecular weight is 289 g/mol. The Kier molecular flexibility index (Phi) is 4.35. The van der Waals surface area contributed by atoms with Gasteiger partial charge in [-0.05, 0) is 25.3 Å². The number of rotatable bonds is 6. The maximum absolute atomic E-state index is 12.7.